The largest absolute Gasteiger partial charge is 0.237 e. The van der Waals surface area contributed by atoms with Gasteiger partial charge in [-0.15, -0.1) is 0 Å². The zero-order valence-electron chi connectivity index (χ0n) is 5.96. The van der Waals surface area contributed by atoms with Gasteiger partial charge in [-0.1, -0.05) is 11.6 Å². The van der Waals surface area contributed by atoms with Crippen molar-refractivity contribution in [3.63, 3.8) is 0 Å². The van der Waals surface area contributed by atoms with Gasteiger partial charge in [0, 0.05) is 11.6 Å². The first-order valence-electron chi connectivity index (χ1n) is 3.34. The molecule has 0 atom stereocenters. The lowest BCUT2D eigenvalue weighted by molar-refractivity contribution is 1.26. The topological polar surface area (TPSA) is 25.8 Å². The van der Waals surface area contributed by atoms with Gasteiger partial charge in [-0.3, -0.25) is 0 Å². The van der Waals surface area contributed by atoms with Crippen LogP contribution >= 0.6 is 27.5 Å². The Labute approximate surface area is 82.7 Å². The molecule has 2 aromatic heterocycles. The second-order valence-corrected chi connectivity index (χ2v) is 3.47. The lowest BCUT2D eigenvalue weighted by atomic mass is 10.3. The fourth-order valence-corrected chi connectivity index (χ4v) is 1.40. The fourth-order valence-electron chi connectivity index (χ4n) is 0.958. The van der Waals surface area contributed by atoms with Gasteiger partial charge in [-0.25, -0.2) is 9.97 Å². The normalized spacial score (nSPS) is 10.5. The van der Waals surface area contributed by atoms with Crippen molar-refractivity contribution >= 4 is 38.6 Å². The molecule has 0 fully saturated rings. The Kier molecular flexibility index (Phi) is 1.98. The number of halogens is 2. The van der Waals surface area contributed by atoms with E-state index in [1.165, 1.54) is 0 Å². The van der Waals surface area contributed by atoms with E-state index < -0.39 is 0 Å². The quantitative estimate of drug-likeness (QED) is 0.665. The first kappa shape index (κ1) is 7.95. The lowest BCUT2D eigenvalue weighted by Gasteiger charge is -1.97. The van der Waals surface area contributed by atoms with Crippen LogP contribution in [0.25, 0.3) is 11.0 Å². The average molecular weight is 243 g/mol. The van der Waals surface area contributed by atoms with Crippen molar-refractivity contribution in [2.24, 2.45) is 0 Å². The zero-order chi connectivity index (χ0) is 8.55. The van der Waals surface area contributed by atoms with Crippen molar-refractivity contribution in [2.75, 3.05) is 0 Å². The maximum absolute atomic E-state index is 5.85. The first-order chi connectivity index (χ1) is 5.77. The summed E-state index contributed by atoms with van der Waals surface area (Å²) in [5.41, 5.74) is 0.703. The molecule has 0 unspecified atom stereocenters. The summed E-state index contributed by atoms with van der Waals surface area (Å²) in [4.78, 5) is 8.23. The van der Waals surface area contributed by atoms with Crippen molar-refractivity contribution in [1.82, 2.24) is 9.97 Å². The SMILES string of the molecule is Clc1cc2cccnc2nc1Br. The van der Waals surface area contributed by atoms with Crippen molar-refractivity contribution in [2.45, 2.75) is 0 Å². The minimum absolute atomic E-state index is 0.607. The Hall–Kier alpha value is -0.670. The molecule has 2 heterocycles. The fraction of sp³-hybridized carbons (Fsp3) is 0. The van der Waals surface area contributed by atoms with E-state index in [0.717, 1.165) is 5.39 Å². The summed E-state index contributed by atoms with van der Waals surface area (Å²) >= 11 is 9.08. The standard InChI is InChI=1S/C8H4BrClN2/c9-7-6(10)4-5-2-1-3-11-8(5)12-7/h1-4H. The van der Waals surface area contributed by atoms with E-state index in [1.807, 2.05) is 18.2 Å². The molecule has 12 heavy (non-hydrogen) atoms. The maximum atomic E-state index is 5.85. The van der Waals surface area contributed by atoms with Crippen LogP contribution in [0.15, 0.2) is 29.0 Å². The van der Waals surface area contributed by atoms with Gasteiger partial charge in [-0.05, 0) is 34.1 Å². The van der Waals surface area contributed by atoms with Crippen LogP contribution in [0.1, 0.15) is 0 Å². The lowest BCUT2D eigenvalue weighted by Crippen LogP contribution is -1.83. The van der Waals surface area contributed by atoms with Crippen molar-refractivity contribution < 1.29 is 0 Å². The van der Waals surface area contributed by atoms with Gasteiger partial charge in [0.25, 0.3) is 0 Å². The monoisotopic (exact) mass is 242 g/mol. The Balaban J connectivity index is 2.84. The van der Waals surface area contributed by atoms with Crippen molar-refractivity contribution in [1.29, 1.82) is 0 Å². The molecule has 4 heteroatoms. The number of pyridine rings is 2. The third kappa shape index (κ3) is 1.30. The van der Waals surface area contributed by atoms with E-state index in [2.05, 4.69) is 25.9 Å². The molecule has 0 aliphatic carbocycles. The van der Waals surface area contributed by atoms with E-state index >= 15 is 0 Å². The Morgan fingerprint density at radius 2 is 2.25 bits per heavy atom. The summed E-state index contributed by atoms with van der Waals surface area (Å²) < 4.78 is 0.635. The van der Waals surface area contributed by atoms with E-state index in [1.54, 1.807) is 6.20 Å². The van der Waals surface area contributed by atoms with Gasteiger partial charge >= 0.3 is 0 Å². The molecule has 2 aromatic rings. The molecule has 0 radical (unpaired) electrons. The van der Waals surface area contributed by atoms with Crippen molar-refractivity contribution in [3.8, 4) is 0 Å². The molecule has 2 nitrogen and oxygen atoms in total. The summed E-state index contributed by atoms with van der Waals surface area (Å²) in [6.07, 6.45) is 1.70. The smallest absolute Gasteiger partial charge is 0.160 e. The van der Waals surface area contributed by atoms with Crippen LogP contribution in [-0.2, 0) is 0 Å². The molecule has 0 aliphatic heterocycles. The third-order valence-corrected chi connectivity index (χ3v) is 2.62. The average Bonchev–Trinajstić information content (AvgIpc) is 2.07. The van der Waals surface area contributed by atoms with E-state index in [4.69, 9.17) is 11.6 Å². The van der Waals surface area contributed by atoms with Crippen LogP contribution in [0.4, 0.5) is 0 Å². The van der Waals surface area contributed by atoms with Crippen LogP contribution < -0.4 is 0 Å². The minimum Gasteiger partial charge on any atom is -0.237 e. The maximum Gasteiger partial charge on any atom is 0.160 e. The number of rotatable bonds is 0. The highest BCUT2D eigenvalue weighted by Crippen LogP contribution is 2.23. The molecule has 60 valence electrons. The Morgan fingerprint density at radius 3 is 3.08 bits per heavy atom. The molecule has 0 aromatic carbocycles. The number of fused-ring (bicyclic) bond motifs is 1. The summed E-state index contributed by atoms with van der Waals surface area (Å²) in [6, 6.07) is 5.61. The van der Waals surface area contributed by atoms with Crippen LogP contribution in [0, 0.1) is 0 Å². The second kappa shape index (κ2) is 2.99. The number of nitrogens with zero attached hydrogens (tertiary/aromatic N) is 2. The summed E-state index contributed by atoms with van der Waals surface area (Å²) in [7, 11) is 0. The predicted molar refractivity (Wildman–Crippen MR) is 52.2 cm³/mol. The van der Waals surface area contributed by atoms with Crippen molar-refractivity contribution in [3.05, 3.63) is 34.0 Å². The summed E-state index contributed by atoms with van der Waals surface area (Å²) in [5.74, 6) is 0. The van der Waals surface area contributed by atoms with Crippen LogP contribution in [0.5, 0.6) is 0 Å². The summed E-state index contributed by atoms with van der Waals surface area (Å²) in [5, 5.41) is 1.56. The molecule has 0 bridgehead atoms. The summed E-state index contributed by atoms with van der Waals surface area (Å²) in [6.45, 7) is 0. The second-order valence-electron chi connectivity index (χ2n) is 2.31. The first-order valence-corrected chi connectivity index (χ1v) is 4.51. The highest BCUT2D eigenvalue weighted by Gasteiger charge is 2.01. The van der Waals surface area contributed by atoms with E-state index in [9.17, 15) is 0 Å². The highest BCUT2D eigenvalue weighted by atomic mass is 79.9. The van der Waals surface area contributed by atoms with Crippen LogP contribution in [0.3, 0.4) is 0 Å². The Bertz CT molecular complexity index is 390. The molecular formula is C8H4BrClN2. The number of hydrogen-bond acceptors (Lipinski definition) is 2. The third-order valence-electron chi connectivity index (χ3n) is 1.50. The Morgan fingerprint density at radius 1 is 1.42 bits per heavy atom. The van der Waals surface area contributed by atoms with Gasteiger partial charge in [0.2, 0.25) is 0 Å². The van der Waals surface area contributed by atoms with Gasteiger partial charge in [0.15, 0.2) is 5.65 Å². The molecule has 0 saturated heterocycles. The molecule has 0 N–H and O–H groups in total. The van der Waals surface area contributed by atoms with Gasteiger partial charge in [0.05, 0.1) is 5.02 Å². The molecule has 0 amide bonds. The number of aromatic nitrogens is 2. The van der Waals surface area contributed by atoms with Gasteiger partial charge in [0.1, 0.15) is 4.60 Å². The van der Waals surface area contributed by atoms with Gasteiger partial charge < -0.3 is 0 Å². The predicted octanol–water partition coefficient (Wildman–Crippen LogP) is 3.05. The van der Waals surface area contributed by atoms with Gasteiger partial charge in [-0.2, -0.15) is 0 Å². The highest BCUT2D eigenvalue weighted by molar-refractivity contribution is 9.10. The molecule has 0 spiro atoms. The molecule has 0 saturated carbocycles. The van der Waals surface area contributed by atoms with E-state index in [-0.39, 0.29) is 0 Å². The number of hydrogen-bond donors (Lipinski definition) is 0. The van der Waals surface area contributed by atoms with Crippen LogP contribution in [-0.4, -0.2) is 9.97 Å². The minimum atomic E-state index is 0.607. The molecule has 0 aliphatic rings. The van der Waals surface area contributed by atoms with Crippen LogP contribution in [0.2, 0.25) is 5.02 Å². The molecule has 2 rings (SSSR count). The zero-order valence-corrected chi connectivity index (χ0v) is 8.30. The molecular weight excluding hydrogens is 239 g/mol. The van der Waals surface area contributed by atoms with E-state index in [0.29, 0.717) is 15.3 Å².